The number of fused-ring (bicyclic) bond motifs is 1. The first-order valence-corrected chi connectivity index (χ1v) is 11.4. The summed E-state index contributed by atoms with van der Waals surface area (Å²) in [6.07, 6.45) is 1.90. The molecule has 170 valence electrons. The second kappa shape index (κ2) is 9.19. The summed E-state index contributed by atoms with van der Waals surface area (Å²) in [5, 5.41) is 4.08. The second-order valence-electron chi connectivity index (χ2n) is 8.37. The van der Waals surface area contributed by atoms with Crippen LogP contribution in [-0.4, -0.2) is 61.3 Å². The first-order chi connectivity index (χ1) is 14.6. The predicted octanol–water partition coefficient (Wildman–Crippen LogP) is 3.77. The summed E-state index contributed by atoms with van der Waals surface area (Å²) in [4.78, 5) is 33.4. The SMILES string of the molecule is C=CCC(C)c1c(N2CCN(C(=O)OC(C)(C)C)CC2)c(=O)n2nc(Br)nc2n1SF. The topological polar surface area (TPSA) is 85.0 Å². The van der Waals surface area contributed by atoms with Gasteiger partial charge in [-0.1, -0.05) is 13.0 Å². The van der Waals surface area contributed by atoms with Gasteiger partial charge in [0.1, 0.15) is 11.3 Å². The fraction of sp³-hybridized carbons (Fsp3) is 0.579. The summed E-state index contributed by atoms with van der Waals surface area (Å²) in [6, 6.07) is 0. The van der Waals surface area contributed by atoms with Crippen LogP contribution in [0.5, 0.6) is 0 Å². The molecule has 1 amide bonds. The molecule has 3 heterocycles. The first kappa shape index (κ1) is 23.6. The lowest BCUT2D eigenvalue weighted by molar-refractivity contribution is 0.0240. The average molecular weight is 517 g/mol. The van der Waals surface area contributed by atoms with Gasteiger partial charge in [0.05, 0.1) is 5.69 Å². The van der Waals surface area contributed by atoms with E-state index in [0.717, 1.165) is 4.52 Å². The summed E-state index contributed by atoms with van der Waals surface area (Å²) in [5.74, 6) is -0.0840. The monoisotopic (exact) mass is 516 g/mol. The van der Waals surface area contributed by atoms with Crippen molar-refractivity contribution in [2.45, 2.75) is 45.6 Å². The smallest absolute Gasteiger partial charge is 0.410 e. The predicted molar refractivity (Wildman–Crippen MR) is 122 cm³/mol. The normalized spacial score (nSPS) is 15.9. The van der Waals surface area contributed by atoms with Crippen molar-refractivity contribution in [2.24, 2.45) is 0 Å². The van der Waals surface area contributed by atoms with Gasteiger partial charge >= 0.3 is 6.09 Å². The number of anilines is 1. The molecule has 0 aromatic carbocycles. The Kier molecular flexibility index (Phi) is 6.99. The van der Waals surface area contributed by atoms with Crippen LogP contribution in [0.3, 0.4) is 0 Å². The Bertz CT molecular complexity index is 1040. The number of aromatic nitrogens is 4. The summed E-state index contributed by atoms with van der Waals surface area (Å²) >= 11 is 3.15. The highest BCUT2D eigenvalue weighted by molar-refractivity contribution is 9.10. The Morgan fingerprint density at radius 1 is 1.35 bits per heavy atom. The van der Waals surface area contributed by atoms with Gasteiger partial charge in [0.25, 0.3) is 5.56 Å². The van der Waals surface area contributed by atoms with Crippen molar-refractivity contribution in [1.82, 2.24) is 23.5 Å². The Morgan fingerprint density at radius 2 is 2.00 bits per heavy atom. The first-order valence-electron chi connectivity index (χ1n) is 9.91. The molecule has 2 aromatic rings. The molecule has 0 radical (unpaired) electrons. The molecule has 0 saturated carbocycles. The highest BCUT2D eigenvalue weighted by Crippen LogP contribution is 2.32. The molecule has 1 saturated heterocycles. The third-order valence-electron chi connectivity index (χ3n) is 4.91. The lowest BCUT2D eigenvalue weighted by Gasteiger charge is -2.37. The number of hydrogen-bond acceptors (Lipinski definition) is 7. The quantitative estimate of drug-likeness (QED) is 0.559. The largest absolute Gasteiger partial charge is 0.444 e. The van der Waals surface area contributed by atoms with Gasteiger partial charge < -0.3 is 14.5 Å². The Hall–Kier alpha value is -2.08. The molecule has 1 fully saturated rings. The number of hydrogen-bond donors (Lipinski definition) is 0. The lowest BCUT2D eigenvalue weighted by Crippen LogP contribution is -2.51. The molecule has 2 aromatic heterocycles. The van der Waals surface area contributed by atoms with Crippen LogP contribution in [0, 0.1) is 0 Å². The number of amides is 1. The summed E-state index contributed by atoms with van der Waals surface area (Å²) in [5.41, 5.74) is -0.0991. The van der Waals surface area contributed by atoms with Gasteiger partial charge in [-0.2, -0.15) is 9.50 Å². The standard InChI is InChI=1S/C19H26BrFN6O3S/c1-6-7-12(2)13-14(15(28)26-17(27(13)31-21)22-16(20)23-26)24-8-10-25(11-9-24)18(29)30-19(3,4)5/h6,12H,1,7-11H2,2-5H3. The molecule has 0 bridgehead atoms. The fourth-order valence-corrected chi connectivity index (χ4v) is 4.40. The highest BCUT2D eigenvalue weighted by atomic mass is 79.9. The number of halogens is 2. The number of ether oxygens (including phenoxy) is 1. The number of carbonyl (C=O) groups excluding carboxylic acids is 1. The number of piperazine rings is 1. The fourth-order valence-electron chi connectivity index (χ4n) is 3.56. The van der Waals surface area contributed by atoms with E-state index >= 15 is 0 Å². The van der Waals surface area contributed by atoms with E-state index in [1.165, 1.54) is 3.97 Å². The minimum atomic E-state index is -0.584. The number of nitrogens with zero attached hydrogens (tertiary/aromatic N) is 6. The highest BCUT2D eigenvalue weighted by Gasteiger charge is 2.31. The van der Waals surface area contributed by atoms with Crippen molar-refractivity contribution in [3.05, 3.63) is 33.4 Å². The zero-order valence-electron chi connectivity index (χ0n) is 18.0. The Labute approximate surface area is 192 Å². The van der Waals surface area contributed by atoms with Crippen LogP contribution in [-0.2, 0) is 4.74 Å². The van der Waals surface area contributed by atoms with E-state index in [2.05, 4.69) is 32.6 Å². The van der Waals surface area contributed by atoms with Crippen molar-refractivity contribution in [3.8, 4) is 0 Å². The van der Waals surface area contributed by atoms with Gasteiger partial charge in [0.15, 0.2) is 12.3 Å². The van der Waals surface area contributed by atoms with E-state index in [1.54, 1.807) is 11.0 Å². The van der Waals surface area contributed by atoms with Crippen LogP contribution < -0.4 is 10.5 Å². The van der Waals surface area contributed by atoms with E-state index < -0.39 is 5.60 Å². The zero-order chi connectivity index (χ0) is 22.9. The van der Waals surface area contributed by atoms with Gasteiger partial charge in [-0.25, -0.2) is 8.77 Å². The van der Waals surface area contributed by atoms with Gasteiger partial charge in [0, 0.05) is 32.1 Å². The maximum absolute atomic E-state index is 14.1. The van der Waals surface area contributed by atoms with Gasteiger partial charge in [-0.05, 0) is 43.1 Å². The van der Waals surface area contributed by atoms with Gasteiger partial charge in [-0.3, -0.25) is 4.79 Å². The number of allylic oxidation sites excluding steroid dienone is 1. The third kappa shape index (κ3) is 4.89. The van der Waals surface area contributed by atoms with Crippen LogP contribution in [0.1, 0.15) is 45.7 Å². The van der Waals surface area contributed by atoms with Crippen LogP contribution in [0.2, 0.25) is 0 Å². The third-order valence-corrected chi connectivity index (χ3v) is 5.74. The number of carbonyl (C=O) groups is 1. The molecule has 0 aliphatic carbocycles. The molecule has 1 aliphatic rings. The molecule has 9 nitrogen and oxygen atoms in total. The molecule has 0 N–H and O–H groups in total. The van der Waals surface area contributed by atoms with Crippen molar-refractivity contribution >= 4 is 45.8 Å². The average Bonchev–Trinajstić information content (AvgIpc) is 3.08. The van der Waals surface area contributed by atoms with Crippen molar-refractivity contribution in [1.29, 1.82) is 0 Å². The maximum atomic E-state index is 14.1. The Morgan fingerprint density at radius 3 is 2.55 bits per heavy atom. The van der Waals surface area contributed by atoms with Crippen molar-refractivity contribution in [3.63, 3.8) is 0 Å². The van der Waals surface area contributed by atoms with E-state index in [1.807, 2.05) is 32.6 Å². The minimum Gasteiger partial charge on any atom is -0.444 e. The van der Waals surface area contributed by atoms with E-state index in [0.29, 0.717) is 44.0 Å². The lowest BCUT2D eigenvalue weighted by atomic mass is 10.0. The van der Waals surface area contributed by atoms with Gasteiger partial charge in [0.2, 0.25) is 10.5 Å². The van der Waals surface area contributed by atoms with E-state index in [9.17, 15) is 13.5 Å². The molecule has 0 spiro atoms. The second-order valence-corrected chi connectivity index (χ2v) is 9.59. The van der Waals surface area contributed by atoms with Gasteiger partial charge in [-0.15, -0.1) is 15.6 Å². The zero-order valence-corrected chi connectivity index (χ0v) is 20.4. The summed E-state index contributed by atoms with van der Waals surface area (Å²) in [6.45, 7) is 12.7. The molecule has 1 atom stereocenters. The minimum absolute atomic E-state index is 0.0208. The molecule has 1 unspecified atom stereocenters. The molecular formula is C19H26BrFN6O3S. The molecule has 12 heteroatoms. The summed E-state index contributed by atoms with van der Waals surface area (Å²) < 4.78 is 22.1. The van der Waals surface area contributed by atoms with Crippen LogP contribution in [0.25, 0.3) is 5.78 Å². The van der Waals surface area contributed by atoms with Crippen molar-refractivity contribution in [2.75, 3.05) is 31.1 Å². The molecular weight excluding hydrogens is 491 g/mol. The van der Waals surface area contributed by atoms with Crippen LogP contribution >= 0.6 is 28.3 Å². The van der Waals surface area contributed by atoms with E-state index in [-0.39, 0.29) is 40.4 Å². The van der Waals surface area contributed by atoms with E-state index in [4.69, 9.17) is 4.74 Å². The maximum Gasteiger partial charge on any atom is 0.410 e. The van der Waals surface area contributed by atoms with Crippen molar-refractivity contribution < 1.29 is 13.4 Å². The molecule has 1 aliphatic heterocycles. The summed E-state index contributed by atoms with van der Waals surface area (Å²) in [7, 11) is 0. The molecule has 31 heavy (non-hydrogen) atoms. The Balaban J connectivity index is 2.01. The van der Waals surface area contributed by atoms with Crippen LogP contribution in [0.15, 0.2) is 22.2 Å². The van der Waals surface area contributed by atoms with Crippen LogP contribution in [0.4, 0.5) is 14.4 Å². The number of rotatable bonds is 5. The molecule has 3 rings (SSSR count).